The van der Waals surface area contributed by atoms with Gasteiger partial charge in [0.15, 0.2) is 5.78 Å². The van der Waals surface area contributed by atoms with Crippen molar-refractivity contribution in [2.45, 2.75) is 52.6 Å². The third-order valence-electron chi connectivity index (χ3n) is 3.30. The van der Waals surface area contributed by atoms with E-state index < -0.39 is 0 Å². The van der Waals surface area contributed by atoms with Crippen LogP contribution in [0.15, 0.2) is 24.3 Å². The van der Waals surface area contributed by atoms with E-state index in [1.165, 1.54) is 0 Å². The molecular formula is C16H25NO2. The number of hydrogen-bond donors (Lipinski definition) is 0. The van der Waals surface area contributed by atoms with Gasteiger partial charge < -0.3 is 4.84 Å². The van der Waals surface area contributed by atoms with Gasteiger partial charge in [-0.25, -0.2) is 0 Å². The lowest BCUT2D eigenvalue weighted by Crippen LogP contribution is -2.51. The van der Waals surface area contributed by atoms with Gasteiger partial charge in [0, 0.05) is 11.1 Å². The van der Waals surface area contributed by atoms with Gasteiger partial charge in [-0.05, 0) is 47.1 Å². The van der Waals surface area contributed by atoms with Crippen LogP contribution < -0.4 is 0 Å². The molecule has 0 N–H and O–H groups in total. The average molecular weight is 263 g/mol. The summed E-state index contributed by atoms with van der Waals surface area (Å²) in [7, 11) is 1.69. The first-order valence-electron chi connectivity index (χ1n) is 6.56. The minimum Gasteiger partial charge on any atom is -0.301 e. The molecule has 0 fully saturated rings. The highest BCUT2D eigenvalue weighted by Gasteiger charge is 2.36. The van der Waals surface area contributed by atoms with Crippen LogP contribution in [0.5, 0.6) is 0 Å². The topological polar surface area (TPSA) is 29.5 Å². The molecule has 19 heavy (non-hydrogen) atoms. The molecule has 3 heteroatoms. The molecule has 1 rings (SSSR count). The summed E-state index contributed by atoms with van der Waals surface area (Å²) in [5, 5.41) is 1.97. The molecule has 0 unspecified atom stereocenters. The molecule has 0 aliphatic rings. The van der Waals surface area contributed by atoms with Crippen molar-refractivity contribution < 1.29 is 9.63 Å². The predicted molar refractivity (Wildman–Crippen MR) is 78.1 cm³/mol. The van der Waals surface area contributed by atoms with Gasteiger partial charge in [-0.3, -0.25) is 4.79 Å². The Balaban J connectivity index is 3.14. The third-order valence-corrected chi connectivity index (χ3v) is 3.30. The van der Waals surface area contributed by atoms with Gasteiger partial charge in [-0.15, -0.1) is 0 Å². The largest absolute Gasteiger partial charge is 0.301 e. The quantitative estimate of drug-likeness (QED) is 0.611. The van der Waals surface area contributed by atoms with E-state index in [2.05, 4.69) is 34.6 Å². The molecule has 0 bridgehead atoms. The lowest BCUT2D eigenvalue weighted by Gasteiger charge is -2.45. The first kappa shape index (κ1) is 15.9. The number of hydroxylamine groups is 2. The van der Waals surface area contributed by atoms with Gasteiger partial charge in [-0.2, -0.15) is 5.06 Å². The van der Waals surface area contributed by atoms with E-state index in [0.717, 1.165) is 11.1 Å². The highest BCUT2D eigenvalue weighted by Crippen LogP contribution is 2.33. The summed E-state index contributed by atoms with van der Waals surface area (Å²) in [6.45, 7) is 12.2. The first-order valence-corrected chi connectivity index (χ1v) is 6.56. The van der Waals surface area contributed by atoms with Crippen molar-refractivity contribution in [3.63, 3.8) is 0 Å². The van der Waals surface area contributed by atoms with E-state index in [-0.39, 0.29) is 16.9 Å². The second-order valence-electron chi connectivity index (χ2n) is 6.34. The van der Waals surface area contributed by atoms with Crippen LogP contribution in [0.1, 0.15) is 57.5 Å². The lowest BCUT2D eigenvalue weighted by molar-refractivity contribution is -0.246. The van der Waals surface area contributed by atoms with Crippen molar-refractivity contribution in [3.8, 4) is 0 Å². The van der Waals surface area contributed by atoms with Crippen LogP contribution in [-0.2, 0) is 10.4 Å². The SMILES string of the molecule is CON(C(C)(C)C)C(C)(C)c1ccc(C(C)=O)cc1. The van der Waals surface area contributed by atoms with Gasteiger partial charge in [-0.1, -0.05) is 24.3 Å². The molecular weight excluding hydrogens is 238 g/mol. The zero-order valence-corrected chi connectivity index (χ0v) is 13.1. The molecule has 0 aliphatic heterocycles. The van der Waals surface area contributed by atoms with Crippen molar-refractivity contribution in [3.05, 3.63) is 35.4 Å². The van der Waals surface area contributed by atoms with Gasteiger partial charge >= 0.3 is 0 Å². The van der Waals surface area contributed by atoms with Crippen molar-refractivity contribution in [1.29, 1.82) is 0 Å². The maximum absolute atomic E-state index is 11.3. The smallest absolute Gasteiger partial charge is 0.159 e. The molecule has 1 aromatic rings. The van der Waals surface area contributed by atoms with Crippen molar-refractivity contribution in [2.24, 2.45) is 0 Å². The fourth-order valence-electron chi connectivity index (χ4n) is 2.57. The van der Waals surface area contributed by atoms with Crippen LogP contribution >= 0.6 is 0 Å². The maximum Gasteiger partial charge on any atom is 0.159 e. The summed E-state index contributed by atoms with van der Waals surface area (Å²) in [6.07, 6.45) is 0. The van der Waals surface area contributed by atoms with Crippen LogP contribution in [0.2, 0.25) is 0 Å². The summed E-state index contributed by atoms with van der Waals surface area (Å²) >= 11 is 0. The average Bonchev–Trinajstić information content (AvgIpc) is 2.27. The number of rotatable bonds is 4. The first-order chi connectivity index (χ1) is 8.60. The van der Waals surface area contributed by atoms with Crippen LogP contribution in [0.4, 0.5) is 0 Å². The minimum atomic E-state index is -0.275. The molecule has 0 aromatic heterocycles. The van der Waals surface area contributed by atoms with E-state index in [9.17, 15) is 4.79 Å². The summed E-state index contributed by atoms with van der Waals surface area (Å²) in [5.74, 6) is 0.0868. The van der Waals surface area contributed by atoms with Crippen LogP contribution in [0, 0.1) is 0 Å². The van der Waals surface area contributed by atoms with Crippen molar-refractivity contribution >= 4 is 5.78 Å². The highest BCUT2D eigenvalue weighted by atomic mass is 16.7. The summed E-state index contributed by atoms with van der Waals surface area (Å²) in [6, 6.07) is 7.73. The van der Waals surface area contributed by atoms with E-state index in [1.807, 2.05) is 29.3 Å². The minimum absolute atomic E-state index is 0.0868. The molecule has 0 amide bonds. The molecule has 3 nitrogen and oxygen atoms in total. The monoisotopic (exact) mass is 263 g/mol. The van der Waals surface area contributed by atoms with Crippen molar-refractivity contribution in [2.75, 3.05) is 7.11 Å². The fourth-order valence-corrected chi connectivity index (χ4v) is 2.57. The van der Waals surface area contributed by atoms with Gasteiger partial charge in [0.1, 0.15) is 0 Å². The Morgan fingerprint density at radius 3 is 1.84 bits per heavy atom. The number of Topliss-reactive ketones (excluding diaryl/α,β-unsaturated/α-hetero) is 1. The van der Waals surface area contributed by atoms with Crippen molar-refractivity contribution in [1.82, 2.24) is 5.06 Å². The molecule has 0 aliphatic carbocycles. The summed E-state index contributed by atoms with van der Waals surface area (Å²) in [5.41, 5.74) is 1.47. The highest BCUT2D eigenvalue weighted by molar-refractivity contribution is 5.94. The Morgan fingerprint density at radius 1 is 1.05 bits per heavy atom. The van der Waals surface area contributed by atoms with Crippen LogP contribution in [0.25, 0.3) is 0 Å². The molecule has 0 radical (unpaired) electrons. The fraction of sp³-hybridized carbons (Fsp3) is 0.562. The van der Waals surface area contributed by atoms with Crippen LogP contribution in [0.3, 0.4) is 0 Å². The van der Waals surface area contributed by atoms with E-state index in [0.29, 0.717) is 0 Å². The number of carbonyl (C=O) groups is 1. The second kappa shape index (κ2) is 5.43. The van der Waals surface area contributed by atoms with E-state index >= 15 is 0 Å². The zero-order chi connectivity index (χ0) is 14.8. The summed E-state index contributed by atoms with van der Waals surface area (Å²) in [4.78, 5) is 16.9. The molecule has 0 spiro atoms. The molecule has 0 saturated heterocycles. The lowest BCUT2D eigenvalue weighted by atomic mass is 9.89. The Labute approximate surface area is 116 Å². The molecule has 0 heterocycles. The number of hydrogen-bond acceptors (Lipinski definition) is 3. The van der Waals surface area contributed by atoms with Gasteiger partial charge in [0.25, 0.3) is 0 Å². The number of benzene rings is 1. The van der Waals surface area contributed by atoms with E-state index in [4.69, 9.17) is 4.84 Å². The second-order valence-corrected chi connectivity index (χ2v) is 6.34. The Morgan fingerprint density at radius 2 is 1.53 bits per heavy atom. The standard InChI is InChI=1S/C16H25NO2/c1-12(18)13-8-10-14(11-9-13)16(5,6)17(19-7)15(2,3)4/h8-11H,1-7H3. The Hall–Kier alpha value is -1.19. The van der Waals surface area contributed by atoms with Gasteiger partial charge in [0.2, 0.25) is 0 Å². The number of nitrogens with zero attached hydrogens (tertiary/aromatic N) is 1. The third kappa shape index (κ3) is 3.43. The van der Waals surface area contributed by atoms with E-state index in [1.54, 1.807) is 14.0 Å². The Bertz CT molecular complexity index is 441. The molecule has 106 valence electrons. The maximum atomic E-state index is 11.3. The normalized spacial score (nSPS) is 12.8. The summed E-state index contributed by atoms with van der Waals surface area (Å²) < 4.78 is 0. The predicted octanol–water partition coefficient (Wildman–Crippen LogP) is 3.79. The zero-order valence-electron chi connectivity index (χ0n) is 13.1. The number of carbonyl (C=O) groups excluding carboxylic acids is 1. The Kier molecular flexibility index (Phi) is 4.54. The molecule has 0 saturated carbocycles. The molecule has 0 atom stereocenters. The molecule has 1 aromatic carbocycles. The van der Waals surface area contributed by atoms with Crippen LogP contribution in [-0.4, -0.2) is 23.5 Å². The van der Waals surface area contributed by atoms with Gasteiger partial charge in [0.05, 0.1) is 12.6 Å². The number of ketones is 1.